The van der Waals surface area contributed by atoms with Gasteiger partial charge in [-0.25, -0.2) is 13.4 Å². The van der Waals surface area contributed by atoms with Crippen molar-refractivity contribution in [2.75, 3.05) is 17.1 Å². The quantitative estimate of drug-likeness (QED) is 0.665. The molecule has 1 heterocycles. The van der Waals surface area contributed by atoms with Gasteiger partial charge in [0, 0.05) is 5.69 Å². The van der Waals surface area contributed by atoms with Gasteiger partial charge in [-0.1, -0.05) is 18.2 Å². The molecule has 0 spiro atoms. The van der Waals surface area contributed by atoms with Crippen molar-refractivity contribution in [1.29, 1.82) is 0 Å². The lowest BCUT2D eigenvalue weighted by molar-refractivity contribution is 0.414. The van der Waals surface area contributed by atoms with E-state index in [0.717, 1.165) is 22.5 Å². The predicted octanol–water partition coefficient (Wildman–Crippen LogP) is 4.25. The molecule has 1 aromatic heterocycles. The molecule has 0 saturated heterocycles. The maximum Gasteiger partial charge on any atom is 0.263 e. The van der Waals surface area contributed by atoms with E-state index in [2.05, 4.69) is 15.0 Å². The number of anilines is 3. The zero-order valence-corrected chi connectivity index (χ0v) is 16.2. The number of nitrogens with one attached hydrogen (secondary N) is 2. The molecule has 6 nitrogen and oxygen atoms in total. The fourth-order valence-electron chi connectivity index (χ4n) is 2.64. The molecule has 0 aliphatic carbocycles. The Balaban J connectivity index is 1.75. The second kappa shape index (κ2) is 7.67. The summed E-state index contributed by atoms with van der Waals surface area (Å²) in [6.45, 7) is 4.06. The number of pyridine rings is 1. The van der Waals surface area contributed by atoms with E-state index in [-0.39, 0.29) is 10.7 Å². The number of hydrogen-bond donors (Lipinski definition) is 2. The topological polar surface area (TPSA) is 80.3 Å². The second-order valence-corrected chi connectivity index (χ2v) is 7.79. The monoisotopic (exact) mass is 383 g/mol. The van der Waals surface area contributed by atoms with Crippen molar-refractivity contribution in [2.24, 2.45) is 0 Å². The first-order valence-corrected chi connectivity index (χ1v) is 9.83. The normalized spacial score (nSPS) is 11.1. The van der Waals surface area contributed by atoms with Crippen LogP contribution >= 0.6 is 0 Å². The lowest BCUT2D eigenvalue weighted by Gasteiger charge is -2.13. The Morgan fingerprint density at radius 1 is 0.926 bits per heavy atom. The summed E-state index contributed by atoms with van der Waals surface area (Å²) in [6.07, 6.45) is 1.59. The number of benzene rings is 2. The van der Waals surface area contributed by atoms with Crippen LogP contribution in [-0.4, -0.2) is 20.5 Å². The summed E-state index contributed by atoms with van der Waals surface area (Å²) >= 11 is 0. The Hall–Kier alpha value is -3.06. The smallest absolute Gasteiger partial charge is 0.263 e. The number of nitrogens with zero attached hydrogens (tertiary/aromatic N) is 1. The molecule has 0 fully saturated rings. The first-order chi connectivity index (χ1) is 12.9. The van der Waals surface area contributed by atoms with Gasteiger partial charge in [-0.15, -0.1) is 0 Å². The van der Waals surface area contributed by atoms with Crippen molar-refractivity contribution in [3.05, 3.63) is 71.9 Å². The van der Waals surface area contributed by atoms with Crippen molar-refractivity contribution in [1.82, 2.24) is 4.98 Å². The summed E-state index contributed by atoms with van der Waals surface area (Å²) in [5.74, 6) is 0.840. The Labute approximate surface area is 159 Å². The summed E-state index contributed by atoms with van der Waals surface area (Å²) in [5, 5.41) is 3.32. The van der Waals surface area contributed by atoms with E-state index < -0.39 is 10.0 Å². The first kappa shape index (κ1) is 18.7. The molecular weight excluding hydrogens is 362 g/mol. The zero-order valence-electron chi connectivity index (χ0n) is 15.4. The fraction of sp³-hybridized carbons (Fsp3) is 0.150. The molecule has 7 heteroatoms. The van der Waals surface area contributed by atoms with E-state index in [4.69, 9.17) is 4.74 Å². The molecule has 2 N–H and O–H groups in total. The highest BCUT2D eigenvalue weighted by molar-refractivity contribution is 7.92. The molecule has 0 unspecified atom stereocenters. The van der Waals surface area contributed by atoms with Crippen molar-refractivity contribution in [3.63, 3.8) is 0 Å². The lowest BCUT2D eigenvalue weighted by atomic mass is 10.1. The van der Waals surface area contributed by atoms with Crippen molar-refractivity contribution < 1.29 is 13.2 Å². The van der Waals surface area contributed by atoms with Crippen LogP contribution in [0.1, 0.15) is 11.1 Å². The van der Waals surface area contributed by atoms with Gasteiger partial charge in [-0.2, -0.15) is 0 Å². The maximum absolute atomic E-state index is 12.5. The molecule has 0 saturated carbocycles. The van der Waals surface area contributed by atoms with Gasteiger partial charge in [0.2, 0.25) is 0 Å². The summed E-state index contributed by atoms with van der Waals surface area (Å²) < 4.78 is 32.4. The van der Waals surface area contributed by atoms with Crippen molar-refractivity contribution >= 4 is 27.2 Å². The Morgan fingerprint density at radius 2 is 1.59 bits per heavy atom. The standard InChI is InChI=1S/C20H21N3O3S/c1-14-5-4-6-15(2)20(14)22-16-7-12-19(21-13-16)23-27(24,25)18-10-8-17(26-3)9-11-18/h4-13,22H,1-3H3,(H,21,23). The van der Waals surface area contributed by atoms with Gasteiger partial charge < -0.3 is 10.1 Å². The average Bonchev–Trinajstić information content (AvgIpc) is 2.66. The molecule has 3 rings (SSSR count). The number of aryl methyl sites for hydroxylation is 2. The van der Waals surface area contributed by atoms with Crippen LogP contribution in [0.5, 0.6) is 5.75 Å². The van der Waals surface area contributed by atoms with Crippen molar-refractivity contribution in [2.45, 2.75) is 18.7 Å². The van der Waals surface area contributed by atoms with Gasteiger partial charge in [-0.3, -0.25) is 4.72 Å². The molecule has 27 heavy (non-hydrogen) atoms. The van der Waals surface area contributed by atoms with Crippen molar-refractivity contribution in [3.8, 4) is 5.75 Å². The summed E-state index contributed by atoms with van der Waals surface area (Å²) in [6, 6.07) is 15.6. The molecule has 3 aromatic rings. The number of aromatic nitrogens is 1. The fourth-order valence-corrected chi connectivity index (χ4v) is 3.64. The third-order valence-corrected chi connectivity index (χ3v) is 5.49. The minimum atomic E-state index is -3.71. The van der Waals surface area contributed by atoms with Gasteiger partial charge >= 0.3 is 0 Å². The largest absolute Gasteiger partial charge is 0.497 e. The number of hydrogen-bond acceptors (Lipinski definition) is 5. The minimum Gasteiger partial charge on any atom is -0.497 e. The number of rotatable bonds is 6. The van der Waals surface area contributed by atoms with Gasteiger partial charge in [0.1, 0.15) is 11.6 Å². The molecule has 0 aliphatic heterocycles. The van der Waals surface area contributed by atoms with E-state index in [1.54, 1.807) is 30.5 Å². The molecule has 0 bridgehead atoms. The second-order valence-electron chi connectivity index (χ2n) is 6.10. The van der Waals surface area contributed by atoms with Gasteiger partial charge in [0.25, 0.3) is 10.0 Å². The lowest BCUT2D eigenvalue weighted by Crippen LogP contribution is -2.13. The Kier molecular flexibility index (Phi) is 5.32. The number of sulfonamides is 1. The maximum atomic E-state index is 12.5. The molecular formula is C20H21N3O3S. The van der Waals surface area contributed by atoms with Crippen LogP contribution in [0.2, 0.25) is 0 Å². The minimum absolute atomic E-state index is 0.142. The molecule has 0 aliphatic rings. The van der Waals surface area contributed by atoms with Crippen LogP contribution in [0.25, 0.3) is 0 Å². The number of para-hydroxylation sites is 1. The van der Waals surface area contributed by atoms with E-state index in [1.165, 1.54) is 19.2 Å². The van der Waals surface area contributed by atoms with Crippen LogP contribution in [0.4, 0.5) is 17.2 Å². The Morgan fingerprint density at radius 3 is 2.15 bits per heavy atom. The molecule has 140 valence electrons. The predicted molar refractivity (Wildman–Crippen MR) is 107 cm³/mol. The molecule has 0 radical (unpaired) electrons. The van der Waals surface area contributed by atoms with Gasteiger partial charge in [-0.05, 0) is 61.4 Å². The molecule has 0 amide bonds. The highest BCUT2D eigenvalue weighted by Crippen LogP contribution is 2.25. The van der Waals surface area contributed by atoms with Crippen LogP contribution in [0.15, 0.2) is 65.7 Å². The van der Waals surface area contributed by atoms with E-state index >= 15 is 0 Å². The Bertz CT molecular complexity index is 1010. The van der Waals surface area contributed by atoms with E-state index in [0.29, 0.717) is 5.75 Å². The van der Waals surface area contributed by atoms with Gasteiger partial charge in [0.05, 0.1) is 23.9 Å². The third-order valence-electron chi connectivity index (χ3n) is 4.12. The summed E-state index contributed by atoms with van der Waals surface area (Å²) in [4.78, 5) is 4.34. The summed E-state index contributed by atoms with van der Waals surface area (Å²) in [7, 11) is -2.18. The highest BCUT2D eigenvalue weighted by Gasteiger charge is 2.15. The van der Waals surface area contributed by atoms with Crippen LogP contribution in [-0.2, 0) is 10.0 Å². The zero-order chi connectivity index (χ0) is 19.4. The number of methoxy groups -OCH3 is 1. The molecule has 2 aromatic carbocycles. The van der Waals surface area contributed by atoms with Crippen LogP contribution in [0.3, 0.4) is 0 Å². The summed E-state index contributed by atoms with van der Waals surface area (Å²) in [5.41, 5.74) is 4.05. The molecule has 0 atom stereocenters. The first-order valence-electron chi connectivity index (χ1n) is 8.35. The SMILES string of the molecule is COc1ccc(S(=O)(=O)Nc2ccc(Nc3c(C)cccc3C)cn2)cc1. The number of ether oxygens (including phenoxy) is 1. The van der Waals surface area contributed by atoms with E-state index in [9.17, 15) is 8.42 Å². The van der Waals surface area contributed by atoms with E-state index in [1.807, 2.05) is 32.0 Å². The van der Waals surface area contributed by atoms with Crippen LogP contribution < -0.4 is 14.8 Å². The van der Waals surface area contributed by atoms with Crippen LogP contribution in [0, 0.1) is 13.8 Å². The van der Waals surface area contributed by atoms with Gasteiger partial charge in [0.15, 0.2) is 0 Å². The third kappa shape index (κ3) is 4.38. The highest BCUT2D eigenvalue weighted by atomic mass is 32.2. The average molecular weight is 383 g/mol.